The molecule has 3 aromatic rings. The molecule has 0 radical (unpaired) electrons. The number of carbonyl (C=O) groups excluding carboxylic acids is 2. The van der Waals surface area contributed by atoms with Crippen molar-refractivity contribution in [3.8, 4) is 11.5 Å². The van der Waals surface area contributed by atoms with Crippen LogP contribution in [0.2, 0.25) is 5.02 Å². The lowest BCUT2D eigenvalue weighted by atomic mass is 9.96. The number of nitrogens with zero attached hydrogens (tertiary/aromatic N) is 2. The summed E-state index contributed by atoms with van der Waals surface area (Å²) in [7, 11) is 2.95. The number of rotatable bonds is 5. The Morgan fingerprint density at radius 1 is 1.06 bits per heavy atom. The van der Waals surface area contributed by atoms with Crippen LogP contribution in [0.1, 0.15) is 17.2 Å². The third-order valence-corrected chi connectivity index (χ3v) is 5.43. The van der Waals surface area contributed by atoms with Gasteiger partial charge >= 0.3 is 0 Å². The second-order valence-electron chi connectivity index (χ2n) is 7.00. The molecule has 1 aliphatic heterocycles. The Kier molecular flexibility index (Phi) is 5.83. The van der Waals surface area contributed by atoms with Gasteiger partial charge in [-0.1, -0.05) is 23.7 Å². The van der Waals surface area contributed by atoms with E-state index in [1.807, 2.05) is 0 Å². The topological polar surface area (TPSA) is 89.0 Å². The molecule has 1 aliphatic rings. The van der Waals surface area contributed by atoms with Crippen LogP contribution in [0.4, 0.5) is 5.69 Å². The van der Waals surface area contributed by atoms with Gasteiger partial charge in [-0.3, -0.25) is 19.5 Å². The summed E-state index contributed by atoms with van der Waals surface area (Å²) in [6, 6.07) is 14.0. The molecule has 4 rings (SSSR count). The van der Waals surface area contributed by atoms with Crippen LogP contribution in [0.3, 0.4) is 0 Å². The molecule has 2 heterocycles. The van der Waals surface area contributed by atoms with Gasteiger partial charge in [-0.2, -0.15) is 0 Å². The van der Waals surface area contributed by atoms with Crippen molar-refractivity contribution in [1.29, 1.82) is 0 Å². The molecule has 1 N–H and O–H groups in total. The Morgan fingerprint density at radius 2 is 1.88 bits per heavy atom. The minimum atomic E-state index is -0.917. The molecule has 1 unspecified atom stereocenters. The SMILES string of the molecule is COc1cccc(N2C(=O)C(=O)/C(=C(/O)c3cc(Cl)ccc3OC)C2c2cccnc2)c1. The molecule has 0 bridgehead atoms. The number of carbonyl (C=O) groups is 2. The van der Waals surface area contributed by atoms with E-state index in [0.29, 0.717) is 27.8 Å². The molecule has 1 aromatic heterocycles. The van der Waals surface area contributed by atoms with E-state index in [0.717, 1.165) is 0 Å². The maximum Gasteiger partial charge on any atom is 0.300 e. The number of ether oxygens (including phenoxy) is 2. The van der Waals surface area contributed by atoms with Crippen molar-refractivity contribution >= 4 is 34.7 Å². The zero-order valence-electron chi connectivity index (χ0n) is 17.3. The van der Waals surface area contributed by atoms with Crippen molar-refractivity contribution in [2.75, 3.05) is 19.1 Å². The number of pyridine rings is 1. The summed E-state index contributed by atoms with van der Waals surface area (Å²) >= 11 is 6.13. The van der Waals surface area contributed by atoms with E-state index in [1.54, 1.807) is 60.9 Å². The van der Waals surface area contributed by atoms with Gasteiger partial charge in [0.15, 0.2) is 0 Å². The van der Waals surface area contributed by atoms with Crippen LogP contribution in [0.15, 0.2) is 72.6 Å². The number of Topliss-reactive ketones (excluding diaryl/α,β-unsaturated/α-hetero) is 1. The van der Waals surface area contributed by atoms with E-state index in [1.165, 1.54) is 25.2 Å². The largest absolute Gasteiger partial charge is 0.507 e. The monoisotopic (exact) mass is 450 g/mol. The molecule has 8 heteroatoms. The standard InChI is InChI=1S/C24H19ClN2O5/c1-31-17-7-3-6-16(12-17)27-21(14-5-4-10-26-13-14)20(23(29)24(27)30)22(28)18-11-15(25)8-9-19(18)32-2/h3-13,21,28H,1-2H3/b22-20+. The van der Waals surface area contributed by atoms with E-state index in [9.17, 15) is 14.7 Å². The number of halogens is 1. The third kappa shape index (κ3) is 3.67. The molecule has 1 fully saturated rings. The number of hydrogen-bond donors (Lipinski definition) is 1. The Morgan fingerprint density at radius 3 is 2.56 bits per heavy atom. The fourth-order valence-corrected chi connectivity index (χ4v) is 3.89. The van der Waals surface area contributed by atoms with Crippen LogP contribution in [0.5, 0.6) is 11.5 Å². The number of aliphatic hydroxyl groups excluding tert-OH is 1. The number of aromatic nitrogens is 1. The molecular weight excluding hydrogens is 432 g/mol. The first-order valence-corrected chi connectivity index (χ1v) is 10.0. The second-order valence-corrected chi connectivity index (χ2v) is 7.44. The number of benzene rings is 2. The van der Waals surface area contributed by atoms with Gasteiger partial charge in [-0.25, -0.2) is 0 Å². The zero-order valence-corrected chi connectivity index (χ0v) is 18.0. The first kappa shape index (κ1) is 21.4. The number of hydrogen-bond acceptors (Lipinski definition) is 6. The molecule has 1 amide bonds. The highest BCUT2D eigenvalue weighted by Crippen LogP contribution is 2.43. The van der Waals surface area contributed by atoms with Gasteiger partial charge in [-0.05, 0) is 42.0 Å². The van der Waals surface area contributed by atoms with Gasteiger partial charge < -0.3 is 14.6 Å². The number of amides is 1. The fraction of sp³-hybridized carbons (Fsp3) is 0.125. The number of ketones is 1. The van der Waals surface area contributed by atoms with Crippen LogP contribution in [0, 0.1) is 0 Å². The Bertz CT molecular complexity index is 1230. The maximum atomic E-state index is 13.2. The van der Waals surface area contributed by atoms with Crippen LogP contribution >= 0.6 is 11.6 Å². The molecule has 2 aromatic carbocycles. The predicted octanol–water partition coefficient (Wildman–Crippen LogP) is 4.38. The molecule has 1 atom stereocenters. The van der Waals surface area contributed by atoms with E-state index in [-0.39, 0.29) is 16.9 Å². The molecule has 0 saturated carbocycles. The minimum absolute atomic E-state index is 0.0913. The van der Waals surface area contributed by atoms with E-state index in [2.05, 4.69) is 4.98 Å². The summed E-state index contributed by atoms with van der Waals surface area (Å²) in [5.41, 5.74) is 1.11. The summed E-state index contributed by atoms with van der Waals surface area (Å²) in [6.07, 6.45) is 3.13. The summed E-state index contributed by atoms with van der Waals surface area (Å²) in [6.45, 7) is 0. The van der Waals surface area contributed by atoms with E-state index < -0.39 is 17.7 Å². The lowest BCUT2D eigenvalue weighted by Crippen LogP contribution is -2.29. The summed E-state index contributed by atoms with van der Waals surface area (Å²) in [4.78, 5) is 31.8. The second kappa shape index (κ2) is 8.72. The molecule has 32 heavy (non-hydrogen) atoms. The highest BCUT2D eigenvalue weighted by molar-refractivity contribution is 6.51. The average molecular weight is 451 g/mol. The number of aliphatic hydroxyl groups is 1. The summed E-state index contributed by atoms with van der Waals surface area (Å²) in [5.74, 6) is -1.17. The predicted molar refractivity (Wildman–Crippen MR) is 120 cm³/mol. The Labute approximate surface area is 189 Å². The lowest BCUT2D eigenvalue weighted by molar-refractivity contribution is -0.132. The summed E-state index contributed by atoms with van der Waals surface area (Å²) < 4.78 is 10.6. The normalized spacial score (nSPS) is 17.5. The number of methoxy groups -OCH3 is 2. The van der Waals surface area contributed by atoms with Gasteiger partial charge in [0.1, 0.15) is 17.3 Å². The zero-order chi connectivity index (χ0) is 22.8. The molecule has 0 spiro atoms. The Balaban J connectivity index is 1.98. The first-order chi connectivity index (χ1) is 15.5. The van der Waals surface area contributed by atoms with Crippen LogP contribution in [-0.4, -0.2) is 36.0 Å². The van der Waals surface area contributed by atoms with Gasteiger partial charge in [0.25, 0.3) is 11.7 Å². The van der Waals surface area contributed by atoms with Gasteiger partial charge in [-0.15, -0.1) is 0 Å². The molecule has 7 nitrogen and oxygen atoms in total. The van der Waals surface area contributed by atoms with Crippen molar-refractivity contribution in [3.05, 3.63) is 88.7 Å². The van der Waals surface area contributed by atoms with Gasteiger partial charge in [0, 0.05) is 29.2 Å². The smallest absolute Gasteiger partial charge is 0.300 e. The van der Waals surface area contributed by atoms with Crippen molar-refractivity contribution in [1.82, 2.24) is 4.98 Å². The maximum absolute atomic E-state index is 13.2. The van der Waals surface area contributed by atoms with Gasteiger partial charge in [0.05, 0.1) is 31.4 Å². The van der Waals surface area contributed by atoms with Crippen LogP contribution in [-0.2, 0) is 9.59 Å². The average Bonchev–Trinajstić information content (AvgIpc) is 3.09. The molecular formula is C24H19ClN2O5. The third-order valence-electron chi connectivity index (χ3n) is 5.19. The van der Waals surface area contributed by atoms with Crippen LogP contribution in [0.25, 0.3) is 5.76 Å². The van der Waals surface area contributed by atoms with Crippen molar-refractivity contribution in [2.45, 2.75) is 6.04 Å². The highest BCUT2D eigenvalue weighted by Gasteiger charge is 2.47. The minimum Gasteiger partial charge on any atom is -0.507 e. The van der Waals surface area contributed by atoms with Crippen molar-refractivity contribution < 1.29 is 24.2 Å². The highest BCUT2D eigenvalue weighted by atomic mass is 35.5. The summed E-state index contributed by atoms with van der Waals surface area (Å²) in [5, 5.41) is 11.6. The van der Waals surface area contributed by atoms with Gasteiger partial charge in [0.2, 0.25) is 0 Å². The van der Waals surface area contributed by atoms with Crippen molar-refractivity contribution in [3.63, 3.8) is 0 Å². The molecule has 162 valence electrons. The van der Waals surface area contributed by atoms with Crippen molar-refractivity contribution in [2.24, 2.45) is 0 Å². The van der Waals surface area contributed by atoms with E-state index >= 15 is 0 Å². The van der Waals surface area contributed by atoms with E-state index in [4.69, 9.17) is 21.1 Å². The molecule has 1 saturated heterocycles. The lowest BCUT2D eigenvalue weighted by Gasteiger charge is -2.25. The fourth-order valence-electron chi connectivity index (χ4n) is 3.72. The quantitative estimate of drug-likeness (QED) is 0.352. The first-order valence-electron chi connectivity index (χ1n) is 9.65. The Hall–Kier alpha value is -3.84. The number of anilines is 1. The van der Waals surface area contributed by atoms with Crippen LogP contribution < -0.4 is 14.4 Å². The molecule has 0 aliphatic carbocycles.